The van der Waals surface area contributed by atoms with Crippen LogP contribution in [0.25, 0.3) is 11.0 Å². The number of amides is 1. The van der Waals surface area contributed by atoms with Crippen molar-refractivity contribution in [2.45, 2.75) is 26.0 Å². The molecule has 4 N–H and O–H groups in total. The molecule has 0 spiro atoms. The largest absolute Gasteiger partial charge is 0.451 e. The van der Waals surface area contributed by atoms with Crippen LogP contribution in [0.4, 0.5) is 0 Å². The molecule has 0 fully saturated rings. The average molecular weight is 262 g/mol. The van der Waals surface area contributed by atoms with Gasteiger partial charge >= 0.3 is 0 Å². The van der Waals surface area contributed by atoms with E-state index < -0.39 is 12.1 Å². The fourth-order valence-electron chi connectivity index (χ4n) is 1.74. The van der Waals surface area contributed by atoms with Crippen molar-refractivity contribution in [3.63, 3.8) is 0 Å². The van der Waals surface area contributed by atoms with Crippen LogP contribution in [-0.4, -0.2) is 29.7 Å². The minimum Gasteiger partial charge on any atom is -0.451 e. The number of nitrogens with two attached hydrogens (primary N) is 1. The third kappa shape index (κ3) is 3.13. The molecule has 2 atom stereocenters. The van der Waals surface area contributed by atoms with Gasteiger partial charge in [-0.1, -0.05) is 11.6 Å². The Kier molecular flexibility index (Phi) is 3.87. The summed E-state index contributed by atoms with van der Waals surface area (Å²) in [4.78, 5) is 11.9. The van der Waals surface area contributed by atoms with Crippen molar-refractivity contribution in [1.82, 2.24) is 5.32 Å². The molecule has 0 saturated carbocycles. The molecule has 0 aliphatic rings. The van der Waals surface area contributed by atoms with Crippen LogP contribution in [0.2, 0.25) is 0 Å². The number of aliphatic hydroxyl groups excluding tert-OH is 1. The second-order valence-electron chi connectivity index (χ2n) is 4.77. The molecule has 1 amide bonds. The van der Waals surface area contributed by atoms with Gasteiger partial charge in [0.25, 0.3) is 5.91 Å². The number of benzene rings is 1. The Morgan fingerprint density at radius 1 is 1.47 bits per heavy atom. The van der Waals surface area contributed by atoms with Gasteiger partial charge in [-0.25, -0.2) is 0 Å². The van der Waals surface area contributed by atoms with Crippen molar-refractivity contribution < 1.29 is 14.3 Å². The number of aliphatic hydroxyl groups is 1. The lowest BCUT2D eigenvalue weighted by Gasteiger charge is -2.14. The molecule has 2 aromatic rings. The highest BCUT2D eigenvalue weighted by Crippen LogP contribution is 2.20. The normalized spacial score (nSPS) is 14.3. The minimum absolute atomic E-state index is 0.201. The maximum Gasteiger partial charge on any atom is 0.287 e. The van der Waals surface area contributed by atoms with E-state index >= 15 is 0 Å². The van der Waals surface area contributed by atoms with Gasteiger partial charge in [-0.05, 0) is 32.0 Å². The van der Waals surface area contributed by atoms with Gasteiger partial charge in [-0.2, -0.15) is 0 Å². The first-order valence-electron chi connectivity index (χ1n) is 6.19. The van der Waals surface area contributed by atoms with E-state index in [0.717, 1.165) is 10.9 Å². The Morgan fingerprint density at radius 2 is 2.21 bits per heavy atom. The minimum atomic E-state index is -0.668. The molecule has 102 valence electrons. The van der Waals surface area contributed by atoms with Crippen molar-refractivity contribution in [2.24, 2.45) is 5.73 Å². The quantitative estimate of drug-likeness (QED) is 0.772. The van der Waals surface area contributed by atoms with E-state index in [1.807, 2.05) is 25.1 Å². The van der Waals surface area contributed by atoms with Crippen molar-refractivity contribution >= 4 is 16.9 Å². The van der Waals surface area contributed by atoms with Gasteiger partial charge in [0.1, 0.15) is 5.58 Å². The summed E-state index contributed by atoms with van der Waals surface area (Å²) in [6.07, 6.45) is -0.668. The molecular weight excluding hydrogens is 244 g/mol. The van der Waals surface area contributed by atoms with Crippen LogP contribution in [0.1, 0.15) is 23.0 Å². The number of rotatable bonds is 4. The van der Waals surface area contributed by atoms with Crippen LogP contribution in [0.15, 0.2) is 28.7 Å². The summed E-state index contributed by atoms with van der Waals surface area (Å²) in [5, 5.41) is 12.8. The molecule has 0 bridgehead atoms. The summed E-state index contributed by atoms with van der Waals surface area (Å²) < 4.78 is 5.46. The van der Waals surface area contributed by atoms with Gasteiger partial charge in [-0.15, -0.1) is 0 Å². The predicted octanol–water partition coefficient (Wildman–Crippen LogP) is 1.18. The number of hydrogen-bond donors (Lipinski definition) is 3. The van der Waals surface area contributed by atoms with Crippen LogP contribution in [0, 0.1) is 6.92 Å². The molecular formula is C14H18N2O3. The highest BCUT2D eigenvalue weighted by molar-refractivity contribution is 5.96. The highest BCUT2D eigenvalue weighted by Gasteiger charge is 2.15. The smallest absolute Gasteiger partial charge is 0.287 e. The summed E-state index contributed by atoms with van der Waals surface area (Å²) in [6.45, 7) is 3.77. The number of furan rings is 1. The number of carbonyl (C=O) groups excluding carboxylic acids is 1. The maximum absolute atomic E-state index is 11.9. The van der Waals surface area contributed by atoms with Crippen LogP contribution in [-0.2, 0) is 0 Å². The van der Waals surface area contributed by atoms with Gasteiger partial charge in [0.05, 0.1) is 6.10 Å². The fourth-order valence-corrected chi connectivity index (χ4v) is 1.74. The van der Waals surface area contributed by atoms with E-state index in [1.165, 1.54) is 0 Å². The first-order valence-corrected chi connectivity index (χ1v) is 6.19. The van der Waals surface area contributed by atoms with Gasteiger partial charge in [0.15, 0.2) is 5.76 Å². The van der Waals surface area contributed by atoms with E-state index in [0.29, 0.717) is 5.58 Å². The summed E-state index contributed by atoms with van der Waals surface area (Å²) in [6, 6.07) is 6.93. The second-order valence-corrected chi connectivity index (χ2v) is 4.77. The van der Waals surface area contributed by atoms with Crippen molar-refractivity contribution in [3.8, 4) is 0 Å². The third-order valence-electron chi connectivity index (χ3n) is 3.01. The summed E-state index contributed by atoms with van der Waals surface area (Å²) in [5.41, 5.74) is 7.43. The second kappa shape index (κ2) is 5.42. The molecule has 0 saturated heterocycles. The Bertz CT molecular complexity index is 589. The van der Waals surface area contributed by atoms with Crippen LogP contribution in [0.5, 0.6) is 0 Å². The zero-order valence-corrected chi connectivity index (χ0v) is 11.0. The topological polar surface area (TPSA) is 88.5 Å². The molecule has 1 aromatic heterocycles. The van der Waals surface area contributed by atoms with Gasteiger partial charge in [-0.3, -0.25) is 4.79 Å². The predicted molar refractivity (Wildman–Crippen MR) is 72.9 cm³/mol. The van der Waals surface area contributed by atoms with E-state index in [-0.39, 0.29) is 18.2 Å². The van der Waals surface area contributed by atoms with Crippen LogP contribution in [0.3, 0.4) is 0 Å². The van der Waals surface area contributed by atoms with E-state index in [1.54, 1.807) is 13.0 Å². The Labute approximate surface area is 111 Å². The molecule has 1 aromatic carbocycles. The molecule has 0 aliphatic heterocycles. The first kappa shape index (κ1) is 13.6. The number of hydrogen-bond acceptors (Lipinski definition) is 4. The SMILES string of the molecule is Cc1ccc2oc(C(=O)NCC(N)C(C)O)cc2c1. The molecule has 2 unspecified atom stereocenters. The Morgan fingerprint density at radius 3 is 2.89 bits per heavy atom. The lowest BCUT2D eigenvalue weighted by atomic mass is 10.2. The van der Waals surface area contributed by atoms with Crippen LogP contribution < -0.4 is 11.1 Å². The maximum atomic E-state index is 11.9. The number of aryl methyl sites for hydroxylation is 1. The molecule has 0 radical (unpaired) electrons. The van der Waals surface area contributed by atoms with Crippen molar-refractivity contribution in [3.05, 3.63) is 35.6 Å². The monoisotopic (exact) mass is 262 g/mol. The van der Waals surface area contributed by atoms with Crippen LogP contribution >= 0.6 is 0 Å². The molecule has 1 heterocycles. The number of fused-ring (bicyclic) bond motifs is 1. The van der Waals surface area contributed by atoms with Gasteiger partial charge in [0, 0.05) is 18.0 Å². The standard InChI is InChI=1S/C14H18N2O3/c1-8-3-4-12-10(5-8)6-13(19-12)14(18)16-7-11(15)9(2)17/h3-6,9,11,17H,7,15H2,1-2H3,(H,16,18). The van der Waals surface area contributed by atoms with Gasteiger partial charge in [0.2, 0.25) is 0 Å². The average Bonchev–Trinajstić information content (AvgIpc) is 2.78. The van der Waals surface area contributed by atoms with Gasteiger partial charge < -0.3 is 20.6 Å². The van der Waals surface area contributed by atoms with Crippen molar-refractivity contribution in [1.29, 1.82) is 0 Å². The number of carbonyl (C=O) groups is 1. The van der Waals surface area contributed by atoms with Crippen molar-refractivity contribution in [2.75, 3.05) is 6.54 Å². The highest BCUT2D eigenvalue weighted by atomic mass is 16.3. The van der Waals surface area contributed by atoms with E-state index in [2.05, 4.69) is 5.32 Å². The zero-order valence-electron chi connectivity index (χ0n) is 11.0. The first-order chi connectivity index (χ1) is 8.97. The lowest BCUT2D eigenvalue weighted by molar-refractivity contribution is 0.0912. The van der Waals surface area contributed by atoms with E-state index in [9.17, 15) is 9.90 Å². The molecule has 5 nitrogen and oxygen atoms in total. The van der Waals surface area contributed by atoms with E-state index in [4.69, 9.17) is 10.2 Å². The Balaban J connectivity index is 2.09. The molecule has 5 heteroatoms. The summed E-state index contributed by atoms with van der Waals surface area (Å²) >= 11 is 0. The molecule has 2 rings (SSSR count). The fraction of sp³-hybridized carbons (Fsp3) is 0.357. The zero-order chi connectivity index (χ0) is 14.0. The Hall–Kier alpha value is -1.85. The molecule has 0 aliphatic carbocycles. The third-order valence-corrected chi connectivity index (χ3v) is 3.01. The summed E-state index contributed by atoms with van der Waals surface area (Å²) in [5.74, 6) is -0.0802. The summed E-state index contributed by atoms with van der Waals surface area (Å²) in [7, 11) is 0. The lowest BCUT2D eigenvalue weighted by Crippen LogP contribution is -2.43. The molecule has 19 heavy (non-hydrogen) atoms. The number of nitrogens with one attached hydrogen (secondary N) is 1.